The fourth-order valence-electron chi connectivity index (χ4n) is 2.85. The van der Waals surface area contributed by atoms with Crippen LogP contribution in [0.15, 0.2) is 29.6 Å². The van der Waals surface area contributed by atoms with Gasteiger partial charge in [0, 0.05) is 28.4 Å². The van der Waals surface area contributed by atoms with Crippen LogP contribution < -0.4 is 4.90 Å². The third-order valence-corrected chi connectivity index (χ3v) is 6.74. The number of anilines is 1. The molecule has 0 unspecified atom stereocenters. The molecule has 0 spiro atoms. The molecule has 26 heavy (non-hydrogen) atoms. The van der Waals surface area contributed by atoms with Crippen LogP contribution in [0.2, 0.25) is 5.02 Å². The molecular weight excluding hydrogens is 392 g/mol. The number of ether oxygens (including phenoxy) is 1. The zero-order chi connectivity index (χ0) is 18.1. The Labute approximate surface area is 163 Å². The molecule has 2 aromatic heterocycles. The highest BCUT2D eigenvalue weighted by atomic mass is 35.5. The van der Waals surface area contributed by atoms with Gasteiger partial charge >= 0.3 is 5.97 Å². The zero-order valence-electron chi connectivity index (χ0n) is 13.7. The van der Waals surface area contributed by atoms with Gasteiger partial charge in [0.2, 0.25) is 5.91 Å². The quantitative estimate of drug-likeness (QED) is 0.588. The molecule has 3 aromatic rings. The van der Waals surface area contributed by atoms with E-state index in [4.69, 9.17) is 16.3 Å². The van der Waals surface area contributed by atoms with Crippen molar-refractivity contribution in [3.05, 3.63) is 45.2 Å². The summed E-state index contributed by atoms with van der Waals surface area (Å²) in [5, 5.41) is 4.07. The normalized spacial score (nSPS) is 14.3. The lowest BCUT2D eigenvalue weighted by atomic mass is 10.2. The first kappa shape index (κ1) is 17.5. The number of hydrogen-bond donors (Lipinski definition) is 0. The Balaban J connectivity index is 1.37. The highest BCUT2D eigenvalue weighted by Crippen LogP contribution is 2.35. The second-order valence-corrected chi connectivity index (χ2v) is 8.29. The molecule has 1 aromatic carbocycles. The van der Waals surface area contributed by atoms with E-state index in [2.05, 4.69) is 4.98 Å². The molecule has 1 fully saturated rings. The summed E-state index contributed by atoms with van der Waals surface area (Å²) >= 11 is 9.27. The predicted octanol–water partition coefficient (Wildman–Crippen LogP) is 4.42. The number of nitrogens with zero attached hydrogens (tertiary/aromatic N) is 2. The van der Waals surface area contributed by atoms with E-state index in [0.29, 0.717) is 28.8 Å². The molecule has 1 amide bonds. The van der Waals surface area contributed by atoms with Gasteiger partial charge < -0.3 is 4.74 Å². The summed E-state index contributed by atoms with van der Waals surface area (Å²) in [7, 11) is 0. The van der Waals surface area contributed by atoms with E-state index in [-0.39, 0.29) is 24.9 Å². The van der Waals surface area contributed by atoms with Crippen LogP contribution in [0.5, 0.6) is 0 Å². The molecule has 5 nitrogen and oxygen atoms in total. The molecule has 134 valence electrons. The lowest BCUT2D eigenvalue weighted by Crippen LogP contribution is -2.23. The fraction of sp³-hybridized carbons (Fsp3) is 0.278. The average molecular weight is 407 g/mol. The molecule has 0 radical (unpaired) electrons. The van der Waals surface area contributed by atoms with E-state index >= 15 is 0 Å². The van der Waals surface area contributed by atoms with Gasteiger partial charge in [0.25, 0.3) is 0 Å². The molecule has 0 bridgehead atoms. The first-order valence-electron chi connectivity index (χ1n) is 8.18. The Morgan fingerprint density at radius 3 is 2.96 bits per heavy atom. The number of fused-ring (bicyclic) bond motifs is 1. The van der Waals surface area contributed by atoms with Crippen molar-refractivity contribution in [1.29, 1.82) is 0 Å². The summed E-state index contributed by atoms with van der Waals surface area (Å²) in [5.74, 6) is -0.268. The number of rotatable bonds is 5. The summed E-state index contributed by atoms with van der Waals surface area (Å²) in [6.45, 7) is 0.847. The SMILES string of the molecule is O=C(Cc1csc(N2CCCC2=O)n1)OCc1sc2ccccc2c1Cl. The van der Waals surface area contributed by atoms with Crippen LogP contribution >= 0.6 is 34.3 Å². The van der Waals surface area contributed by atoms with Crippen molar-refractivity contribution in [2.75, 3.05) is 11.4 Å². The summed E-state index contributed by atoms with van der Waals surface area (Å²) in [4.78, 5) is 30.8. The summed E-state index contributed by atoms with van der Waals surface area (Å²) in [5.41, 5.74) is 0.622. The number of thiophene rings is 1. The minimum Gasteiger partial charge on any atom is -0.460 e. The minimum absolute atomic E-state index is 0.0844. The molecule has 1 aliphatic heterocycles. The van der Waals surface area contributed by atoms with E-state index in [1.165, 1.54) is 22.7 Å². The number of esters is 1. The summed E-state index contributed by atoms with van der Waals surface area (Å²) < 4.78 is 6.44. The number of hydrogen-bond acceptors (Lipinski definition) is 6. The van der Waals surface area contributed by atoms with Gasteiger partial charge in [-0.25, -0.2) is 4.98 Å². The Kier molecular flexibility index (Phi) is 4.93. The van der Waals surface area contributed by atoms with Crippen LogP contribution in [0, 0.1) is 0 Å². The Morgan fingerprint density at radius 1 is 1.35 bits per heavy atom. The maximum atomic E-state index is 12.1. The molecule has 1 aliphatic rings. The largest absolute Gasteiger partial charge is 0.460 e. The topological polar surface area (TPSA) is 59.5 Å². The van der Waals surface area contributed by atoms with E-state index in [9.17, 15) is 9.59 Å². The fourth-order valence-corrected chi connectivity index (χ4v) is 5.12. The van der Waals surface area contributed by atoms with Crippen molar-refractivity contribution in [3.8, 4) is 0 Å². The second-order valence-electron chi connectivity index (χ2n) is 5.94. The Morgan fingerprint density at radius 2 is 2.19 bits per heavy atom. The van der Waals surface area contributed by atoms with Gasteiger partial charge in [-0.1, -0.05) is 29.8 Å². The molecule has 0 saturated carbocycles. The molecule has 0 aliphatic carbocycles. The monoisotopic (exact) mass is 406 g/mol. The number of thiazole rings is 1. The average Bonchev–Trinajstić information content (AvgIpc) is 3.33. The third kappa shape index (κ3) is 3.47. The molecule has 1 saturated heterocycles. The van der Waals surface area contributed by atoms with Crippen LogP contribution in [-0.2, 0) is 27.4 Å². The first-order valence-corrected chi connectivity index (χ1v) is 10.3. The van der Waals surface area contributed by atoms with Crippen LogP contribution in [0.3, 0.4) is 0 Å². The lowest BCUT2D eigenvalue weighted by molar-refractivity contribution is -0.144. The van der Waals surface area contributed by atoms with Gasteiger partial charge in [-0.3, -0.25) is 14.5 Å². The molecule has 4 rings (SSSR count). The molecular formula is C18H15ClN2O3S2. The van der Waals surface area contributed by atoms with E-state index in [1.807, 2.05) is 24.3 Å². The third-order valence-electron chi connectivity index (χ3n) is 4.14. The van der Waals surface area contributed by atoms with Crippen molar-refractivity contribution in [1.82, 2.24) is 4.98 Å². The number of benzene rings is 1. The molecule has 0 N–H and O–H groups in total. The lowest BCUT2D eigenvalue weighted by Gasteiger charge is -2.10. The Bertz CT molecular complexity index is 982. The van der Waals surface area contributed by atoms with Gasteiger partial charge in [0.15, 0.2) is 5.13 Å². The van der Waals surface area contributed by atoms with Gasteiger partial charge in [-0.05, 0) is 12.5 Å². The van der Waals surface area contributed by atoms with E-state index in [1.54, 1.807) is 10.3 Å². The van der Waals surface area contributed by atoms with Crippen LogP contribution in [0.25, 0.3) is 10.1 Å². The summed E-state index contributed by atoms with van der Waals surface area (Å²) in [6, 6.07) is 7.83. The predicted molar refractivity (Wildman–Crippen MR) is 104 cm³/mol. The van der Waals surface area contributed by atoms with E-state index < -0.39 is 0 Å². The van der Waals surface area contributed by atoms with Gasteiger partial charge in [0.1, 0.15) is 6.61 Å². The maximum Gasteiger partial charge on any atom is 0.312 e. The Hall–Kier alpha value is -1.96. The second kappa shape index (κ2) is 7.34. The first-order chi connectivity index (χ1) is 12.6. The smallest absolute Gasteiger partial charge is 0.312 e. The van der Waals surface area contributed by atoms with Crippen LogP contribution in [0.4, 0.5) is 5.13 Å². The van der Waals surface area contributed by atoms with Crippen molar-refractivity contribution in [3.63, 3.8) is 0 Å². The minimum atomic E-state index is -0.358. The highest BCUT2D eigenvalue weighted by Gasteiger charge is 2.24. The van der Waals surface area contributed by atoms with Crippen molar-refractivity contribution >= 4 is 61.4 Å². The van der Waals surface area contributed by atoms with Crippen LogP contribution in [0.1, 0.15) is 23.4 Å². The van der Waals surface area contributed by atoms with E-state index in [0.717, 1.165) is 21.4 Å². The van der Waals surface area contributed by atoms with Crippen molar-refractivity contribution in [2.24, 2.45) is 0 Å². The molecule has 8 heteroatoms. The highest BCUT2D eigenvalue weighted by molar-refractivity contribution is 7.19. The number of carbonyl (C=O) groups excluding carboxylic acids is 2. The molecule has 3 heterocycles. The number of aromatic nitrogens is 1. The van der Waals surface area contributed by atoms with Gasteiger partial charge in [-0.2, -0.15) is 0 Å². The molecule has 0 atom stereocenters. The van der Waals surface area contributed by atoms with Crippen LogP contribution in [-0.4, -0.2) is 23.4 Å². The number of halogens is 1. The number of carbonyl (C=O) groups is 2. The van der Waals surface area contributed by atoms with Crippen molar-refractivity contribution < 1.29 is 14.3 Å². The van der Waals surface area contributed by atoms with Crippen molar-refractivity contribution in [2.45, 2.75) is 25.9 Å². The maximum absolute atomic E-state index is 12.1. The van der Waals surface area contributed by atoms with Gasteiger partial charge in [0.05, 0.1) is 22.0 Å². The van der Waals surface area contributed by atoms with Gasteiger partial charge in [-0.15, -0.1) is 22.7 Å². The number of amides is 1. The summed E-state index contributed by atoms with van der Waals surface area (Å²) in [6.07, 6.45) is 1.50. The standard InChI is InChI=1S/C18H15ClN2O3S2/c19-17-12-4-1-2-5-13(12)26-14(17)9-24-16(23)8-11-10-25-18(20-11)21-7-3-6-15(21)22/h1-2,4-5,10H,3,6-9H2. The zero-order valence-corrected chi connectivity index (χ0v) is 16.1.